The van der Waals surface area contributed by atoms with Crippen LogP contribution in [0.2, 0.25) is 0 Å². The fourth-order valence-electron chi connectivity index (χ4n) is 3.12. The van der Waals surface area contributed by atoms with Gasteiger partial charge in [0.05, 0.1) is 17.4 Å². The van der Waals surface area contributed by atoms with Crippen molar-refractivity contribution < 1.29 is 14.3 Å². The maximum absolute atomic E-state index is 12.5. The van der Waals surface area contributed by atoms with Gasteiger partial charge in [0.1, 0.15) is 0 Å². The summed E-state index contributed by atoms with van der Waals surface area (Å²) in [6, 6.07) is 15.2. The van der Waals surface area contributed by atoms with E-state index in [1.54, 1.807) is 18.2 Å². The minimum atomic E-state index is -0.195. The van der Waals surface area contributed by atoms with Crippen molar-refractivity contribution in [3.63, 3.8) is 0 Å². The van der Waals surface area contributed by atoms with E-state index < -0.39 is 0 Å². The van der Waals surface area contributed by atoms with E-state index in [0.717, 1.165) is 25.0 Å². The molecule has 142 valence electrons. The number of rotatable bonds is 7. The number of hydrogen-bond acceptors (Lipinski definition) is 3. The van der Waals surface area contributed by atoms with Crippen molar-refractivity contribution in [2.45, 2.75) is 38.7 Å². The van der Waals surface area contributed by atoms with E-state index in [2.05, 4.69) is 10.6 Å². The fourth-order valence-corrected chi connectivity index (χ4v) is 3.12. The Balaban J connectivity index is 1.55. The number of carbonyl (C=O) groups is 2. The molecule has 0 spiro atoms. The van der Waals surface area contributed by atoms with Crippen molar-refractivity contribution in [2.75, 3.05) is 18.5 Å². The summed E-state index contributed by atoms with van der Waals surface area (Å²) in [4.78, 5) is 24.8. The van der Waals surface area contributed by atoms with Gasteiger partial charge in [-0.05, 0) is 43.9 Å². The Morgan fingerprint density at radius 1 is 1.11 bits per heavy atom. The van der Waals surface area contributed by atoms with E-state index in [-0.39, 0.29) is 17.9 Å². The zero-order valence-corrected chi connectivity index (χ0v) is 15.7. The van der Waals surface area contributed by atoms with Crippen LogP contribution >= 0.6 is 0 Å². The molecule has 2 aromatic carbocycles. The number of benzene rings is 2. The first-order valence-corrected chi connectivity index (χ1v) is 9.46. The van der Waals surface area contributed by atoms with Gasteiger partial charge in [-0.1, -0.05) is 42.0 Å². The molecule has 2 amide bonds. The molecule has 1 heterocycles. The minimum absolute atomic E-state index is 0.0882. The zero-order chi connectivity index (χ0) is 19.1. The van der Waals surface area contributed by atoms with Crippen LogP contribution < -0.4 is 10.6 Å². The van der Waals surface area contributed by atoms with Crippen LogP contribution in [0.15, 0.2) is 48.5 Å². The lowest BCUT2D eigenvalue weighted by Crippen LogP contribution is -2.32. The van der Waals surface area contributed by atoms with Crippen molar-refractivity contribution in [1.29, 1.82) is 0 Å². The van der Waals surface area contributed by atoms with Crippen LogP contribution in [0, 0.1) is 6.92 Å². The molecule has 2 N–H and O–H groups in total. The molecule has 0 aliphatic carbocycles. The Hall–Kier alpha value is -2.66. The van der Waals surface area contributed by atoms with Gasteiger partial charge in [0, 0.05) is 19.6 Å². The second kappa shape index (κ2) is 9.33. The SMILES string of the molecule is Cc1ccc(CCC(=O)Nc2ccccc2C(=O)NC[C@@H]2CCCO2)cc1. The first-order valence-electron chi connectivity index (χ1n) is 9.46. The molecule has 1 atom stereocenters. The van der Waals surface area contributed by atoms with Gasteiger partial charge in [-0.3, -0.25) is 9.59 Å². The van der Waals surface area contributed by atoms with Gasteiger partial charge in [-0.15, -0.1) is 0 Å². The van der Waals surface area contributed by atoms with E-state index in [0.29, 0.717) is 30.6 Å². The average molecular weight is 366 g/mol. The largest absolute Gasteiger partial charge is 0.376 e. The first-order chi connectivity index (χ1) is 13.1. The fraction of sp³-hybridized carbons (Fsp3) is 0.364. The molecule has 0 saturated carbocycles. The molecule has 2 aromatic rings. The molecule has 5 nitrogen and oxygen atoms in total. The van der Waals surface area contributed by atoms with Crippen LogP contribution in [0.3, 0.4) is 0 Å². The van der Waals surface area contributed by atoms with Crippen LogP contribution in [0.1, 0.15) is 40.7 Å². The van der Waals surface area contributed by atoms with Crippen molar-refractivity contribution in [3.8, 4) is 0 Å². The molecular formula is C22H26N2O3. The van der Waals surface area contributed by atoms with Crippen LogP contribution in [-0.2, 0) is 16.0 Å². The van der Waals surface area contributed by atoms with E-state index in [9.17, 15) is 9.59 Å². The Bertz CT molecular complexity index is 780. The molecule has 0 aromatic heterocycles. The maximum Gasteiger partial charge on any atom is 0.253 e. The summed E-state index contributed by atoms with van der Waals surface area (Å²) in [6.45, 7) is 3.29. The normalized spacial score (nSPS) is 16.1. The predicted molar refractivity (Wildman–Crippen MR) is 106 cm³/mol. The molecule has 0 unspecified atom stereocenters. The Morgan fingerprint density at radius 3 is 2.63 bits per heavy atom. The van der Waals surface area contributed by atoms with E-state index in [1.165, 1.54) is 5.56 Å². The van der Waals surface area contributed by atoms with Crippen LogP contribution in [0.5, 0.6) is 0 Å². The van der Waals surface area contributed by atoms with Gasteiger partial charge >= 0.3 is 0 Å². The molecule has 0 radical (unpaired) electrons. The molecule has 27 heavy (non-hydrogen) atoms. The topological polar surface area (TPSA) is 67.4 Å². The lowest BCUT2D eigenvalue weighted by Gasteiger charge is -2.14. The summed E-state index contributed by atoms with van der Waals surface area (Å²) in [5, 5.41) is 5.77. The van der Waals surface area contributed by atoms with E-state index >= 15 is 0 Å². The summed E-state index contributed by atoms with van der Waals surface area (Å²) in [7, 11) is 0. The van der Waals surface area contributed by atoms with Gasteiger partial charge in [0.2, 0.25) is 5.91 Å². The number of amides is 2. The summed E-state index contributed by atoms with van der Waals surface area (Å²) in [5.74, 6) is -0.296. The molecule has 1 saturated heterocycles. The monoisotopic (exact) mass is 366 g/mol. The second-order valence-electron chi connectivity index (χ2n) is 6.92. The third kappa shape index (κ3) is 5.66. The summed E-state index contributed by atoms with van der Waals surface area (Å²) in [6.07, 6.45) is 3.13. The molecule has 1 aliphatic rings. The average Bonchev–Trinajstić information content (AvgIpc) is 3.20. The summed E-state index contributed by atoms with van der Waals surface area (Å²) < 4.78 is 5.53. The highest BCUT2D eigenvalue weighted by molar-refractivity contribution is 6.03. The number of hydrogen-bond donors (Lipinski definition) is 2. The second-order valence-corrected chi connectivity index (χ2v) is 6.92. The number of ether oxygens (including phenoxy) is 1. The molecule has 5 heteroatoms. The first kappa shape index (κ1) is 19.1. The summed E-state index contributed by atoms with van der Waals surface area (Å²) >= 11 is 0. The van der Waals surface area contributed by atoms with Crippen LogP contribution in [-0.4, -0.2) is 31.1 Å². The number of aryl methyl sites for hydroxylation is 2. The highest BCUT2D eigenvalue weighted by Crippen LogP contribution is 2.17. The number of nitrogens with one attached hydrogen (secondary N) is 2. The van der Waals surface area contributed by atoms with Crippen molar-refractivity contribution in [3.05, 3.63) is 65.2 Å². The Morgan fingerprint density at radius 2 is 1.89 bits per heavy atom. The van der Waals surface area contributed by atoms with Crippen molar-refractivity contribution in [1.82, 2.24) is 5.32 Å². The quantitative estimate of drug-likeness (QED) is 0.788. The molecule has 1 aliphatic heterocycles. The molecular weight excluding hydrogens is 340 g/mol. The maximum atomic E-state index is 12.5. The Kier molecular flexibility index (Phi) is 6.60. The zero-order valence-electron chi connectivity index (χ0n) is 15.7. The predicted octanol–water partition coefficient (Wildman–Crippen LogP) is 3.48. The van der Waals surface area contributed by atoms with Crippen molar-refractivity contribution >= 4 is 17.5 Å². The Labute approximate surface area is 160 Å². The molecule has 0 bridgehead atoms. The number of anilines is 1. The van der Waals surface area contributed by atoms with E-state index in [4.69, 9.17) is 4.74 Å². The standard InChI is InChI=1S/C22H26N2O3/c1-16-8-10-17(11-9-16)12-13-21(25)24-20-7-3-2-6-19(20)22(26)23-15-18-5-4-14-27-18/h2-3,6-11,18H,4-5,12-15H2,1H3,(H,23,26)(H,24,25)/t18-/m0/s1. The molecule has 3 rings (SSSR count). The smallest absolute Gasteiger partial charge is 0.253 e. The third-order valence-electron chi connectivity index (χ3n) is 4.72. The summed E-state index contributed by atoms with van der Waals surface area (Å²) in [5.41, 5.74) is 3.33. The van der Waals surface area contributed by atoms with Gasteiger partial charge in [-0.25, -0.2) is 0 Å². The highest BCUT2D eigenvalue weighted by atomic mass is 16.5. The van der Waals surface area contributed by atoms with Gasteiger partial charge in [0.25, 0.3) is 5.91 Å². The van der Waals surface area contributed by atoms with E-state index in [1.807, 2.05) is 37.3 Å². The van der Waals surface area contributed by atoms with Crippen LogP contribution in [0.4, 0.5) is 5.69 Å². The van der Waals surface area contributed by atoms with Crippen LogP contribution in [0.25, 0.3) is 0 Å². The highest BCUT2D eigenvalue weighted by Gasteiger charge is 2.18. The van der Waals surface area contributed by atoms with Gasteiger partial charge in [0.15, 0.2) is 0 Å². The van der Waals surface area contributed by atoms with Crippen molar-refractivity contribution in [2.24, 2.45) is 0 Å². The number of para-hydroxylation sites is 1. The lowest BCUT2D eigenvalue weighted by atomic mass is 10.1. The minimum Gasteiger partial charge on any atom is -0.376 e. The third-order valence-corrected chi connectivity index (χ3v) is 4.72. The van der Waals surface area contributed by atoms with Gasteiger partial charge in [-0.2, -0.15) is 0 Å². The lowest BCUT2D eigenvalue weighted by molar-refractivity contribution is -0.116. The number of carbonyl (C=O) groups excluding carboxylic acids is 2. The molecule has 1 fully saturated rings. The van der Waals surface area contributed by atoms with Gasteiger partial charge < -0.3 is 15.4 Å².